The van der Waals surface area contributed by atoms with Gasteiger partial charge < -0.3 is 9.67 Å². The van der Waals surface area contributed by atoms with Gasteiger partial charge in [-0.3, -0.25) is 4.79 Å². The quantitative estimate of drug-likeness (QED) is 0.749. The van der Waals surface area contributed by atoms with Gasteiger partial charge in [-0.05, 0) is 5.92 Å². The molecule has 5 nitrogen and oxygen atoms in total. The Kier molecular flexibility index (Phi) is 4.61. The zero-order valence-electron chi connectivity index (χ0n) is 8.88. The molecule has 1 aromatic rings. The van der Waals surface area contributed by atoms with Crippen molar-refractivity contribution in [3.05, 3.63) is 6.33 Å². The Bertz CT molecular complexity index is 327. The maximum Gasteiger partial charge on any atom is 0.313 e. The maximum absolute atomic E-state index is 10.4. The number of hydrogen-bond acceptors (Lipinski definition) is 4. The van der Waals surface area contributed by atoms with Crippen LogP contribution in [-0.2, 0) is 11.3 Å². The van der Waals surface area contributed by atoms with E-state index in [-0.39, 0.29) is 5.75 Å². The number of carbonyl (C=O) groups is 1. The first-order valence-electron chi connectivity index (χ1n) is 4.85. The average Bonchev–Trinajstić information content (AvgIpc) is 2.62. The number of aliphatic carboxylic acids is 1. The van der Waals surface area contributed by atoms with Gasteiger partial charge in [0.25, 0.3) is 0 Å². The second kappa shape index (κ2) is 5.75. The lowest BCUT2D eigenvalue weighted by Crippen LogP contribution is -2.08. The Morgan fingerprint density at radius 2 is 2.47 bits per heavy atom. The zero-order chi connectivity index (χ0) is 11.3. The maximum atomic E-state index is 10.4. The lowest BCUT2D eigenvalue weighted by atomic mass is 10.1. The summed E-state index contributed by atoms with van der Waals surface area (Å²) in [5.41, 5.74) is 0. The Balaban J connectivity index is 2.56. The molecule has 0 aliphatic heterocycles. The molecule has 0 saturated carbocycles. The molecule has 6 heteroatoms. The predicted molar refractivity (Wildman–Crippen MR) is 57.8 cm³/mol. The van der Waals surface area contributed by atoms with E-state index in [2.05, 4.69) is 24.0 Å². The molecule has 1 unspecified atom stereocenters. The number of aromatic nitrogens is 3. The van der Waals surface area contributed by atoms with E-state index in [1.54, 1.807) is 6.33 Å². The number of rotatable bonds is 6. The largest absolute Gasteiger partial charge is 0.481 e. The van der Waals surface area contributed by atoms with Crippen LogP contribution >= 0.6 is 11.8 Å². The summed E-state index contributed by atoms with van der Waals surface area (Å²) >= 11 is 1.20. The SMILES string of the molecule is CCC(C)Cn1cnnc1SCC(=O)O. The Morgan fingerprint density at radius 3 is 3.07 bits per heavy atom. The second-order valence-electron chi connectivity index (χ2n) is 3.46. The smallest absolute Gasteiger partial charge is 0.313 e. The molecule has 0 aromatic carbocycles. The van der Waals surface area contributed by atoms with E-state index in [4.69, 9.17) is 5.11 Å². The van der Waals surface area contributed by atoms with Gasteiger partial charge in [0.1, 0.15) is 6.33 Å². The Labute approximate surface area is 92.9 Å². The third-order valence-electron chi connectivity index (χ3n) is 2.11. The lowest BCUT2D eigenvalue weighted by Gasteiger charge is -2.10. The molecule has 84 valence electrons. The molecule has 0 aliphatic rings. The van der Waals surface area contributed by atoms with Gasteiger partial charge in [0.2, 0.25) is 0 Å². The van der Waals surface area contributed by atoms with Crippen LogP contribution in [0, 0.1) is 5.92 Å². The van der Waals surface area contributed by atoms with Crippen molar-refractivity contribution < 1.29 is 9.90 Å². The molecule has 0 spiro atoms. The van der Waals surface area contributed by atoms with Crippen LogP contribution in [0.1, 0.15) is 20.3 Å². The zero-order valence-corrected chi connectivity index (χ0v) is 9.70. The highest BCUT2D eigenvalue weighted by Gasteiger charge is 2.09. The topological polar surface area (TPSA) is 68.0 Å². The van der Waals surface area contributed by atoms with Crippen molar-refractivity contribution in [3.63, 3.8) is 0 Å². The van der Waals surface area contributed by atoms with Crippen molar-refractivity contribution in [2.24, 2.45) is 5.92 Å². The van der Waals surface area contributed by atoms with E-state index >= 15 is 0 Å². The first kappa shape index (κ1) is 12.0. The summed E-state index contributed by atoms with van der Waals surface area (Å²) in [7, 11) is 0. The van der Waals surface area contributed by atoms with Crippen molar-refractivity contribution >= 4 is 17.7 Å². The molecular weight excluding hydrogens is 214 g/mol. The van der Waals surface area contributed by atoms with Gasteiger partial charge in [-0.2, -0.15) is 0 Å². The van der Waals surface area contributed by atoms with Gasteiger partial charge in [0.15, 0.2) is 5.16 Å². The number of hydrogen-bond donors (Lipinski definition) is 1. The second-order valence-corrected chi connectivity index (χ2v) is 4.40. The summed E-state index contributed by atoms with van der Waals surface area (Å²) in [6, 6.07) is 0. The van der Waals surface area contributed by atoms with Crippen LogP contribution in [0.15, 0.2) is 11.5 Å². The molecule has 0 aliphatic carbocycles. The highest BCUT2D eigenvalue weighted by molar-refractivity contribution is 7.99. The number of carboxylic acid groups (broad SMARTS) is 1. The van der Waals surface area contributed by atoms with Crippen molar-refractivity contribution in [2.45, 2.75) is 32.0 Å². The molecule has 1 heterocycles. The third kappa shape index (κ3) is 3.91. The van der Waals surface area contributed by atoms with Crippen LogP contribution in [0.25, 0.3) is 0 Å². The Morgan fingerprint density at radius 1 is 1.73 bits per heavy atom. The average molecular weight is 229 g/mol. The van der Waals surface area contributed by atoms with Crippen molar-refractivity contribution in [1.82, 2.24) is 14.8 Å². The molecule has 0 amide bonds. The van der Waals surface area contributed by atoms with E-state index < -0.39 is 5.97 Å². The summed E-state index contributed by atoms with van der Waals surface area (Å²) < 4.78 is 1.90. The highest BCUT2D eigenvalue weighted by Crippen LogP contribution is 2.16. The van der Waals surface area contributed by atoms with Gasteiger partial charge in [0, 0.05) is 6.54 Å². The number of thioether (sulfide) groups is 1. The van der Waals surface area contributed by atoms with Gasteiger partial charge >= 0.3 is 5.97 Å². The first-order chi connectivity index (χ1) is 7.13. The first-order valence-corrected chi connectivity index (χ1v) is 5.84. The summed E-state index contributed by atoms with van der Waals surface area (Å²) in [4.78, 5) is 10.4. The third-order valence-corrected chi connectivity index (χ3v) is 3.08. The number of nitrogens with zero attached hydrogens (tertiary/aromatic N) is 3. The summed E-state index contributed by atoms with van der Waals surface area (Å²) in [5, 5.41) is 16.9. The molecule has 1 atom stereocenters. The normalized spacial score (nSPS) is 12.7. The standard InChI is InChI=1S/C9H15N3O2S/c1-3-7(2)4-12-6-10-11-9(12)15-5-8(13)14/h6-7H,3-5H2,1-2H3,(H,13,14). The predicted octanol–water partition coefficient (Wildman–Crippen LogP) is 1.50. The van der Waals surface area contributed by atoms with Crippen molar-refractivity contribution in [3.8, 4) is 0 Å². The minimum Gasteiger partial charge on any atom is -0.481 e. The van der Waals surface area contributed by atoms with E-state index in [9.17, 15) is 4.79 Å². The molecule has 0 saturated heterocycles. The fourth-order valence-electron chi connectivity index (χ4n) is 1.07. The van der Waals surface area contributed by atoms with E-state index in [1.165, 1.54) is 11.8 Å². The van der Waals surface area contributed by atoms with Crippen molar-refractivity contribution in [2.75, 3.05) is 5.75 Å². The molecular formula is C9H15N3O2S. The van der Waals surface area contributed by atoms with Gasteiger partial charge in [-0.1, -0.05) is 32.0 Å². The summed E-state index contributed by atoms with van der Waals surface area (Å²) in [5.74, 6) is -0.262. The summed E-state index contributed by atoms with van der Waals surface area (Å²) in [6.07, 6.45) is 2.73. The summed E-state index contributed by atoms with van der Waals surface area (Å²) in [6.45, 7) is 5.11. The molecule has 0 fully saturated rings. The van der Waals surface area contributed by atoms with Crippen LogP contribution in [0.2, 0.25) is 0 Å². The monoisotopic (exact) mass is 229 g/mol. The van der Waals surface area contributed by atoms with Crippen molar-refractivity contribution in [1.29, 1.82) is 0 Å². The number of carboxylic acids is 1. The molecule has 1 N–H and O–H groups in total. The van der Waals surface area contributed by atoms with Gasteiger partial charge in [0.05, 0.1) is 5.75 Å². The van der Waals surface area contributed by atoms with Gasteiger partial charge in [-0.15, -0.1) is 10.2 Å². The fraction of sp³-hybridized carbons (Fsp3) is 0.667. The molecule has 15 heavy (non-hydrogen) atoms. The fourth-order valence-corrected chi connectivity index (χ4v) is 1.72. The minimum absolute atomic E-state index is 0.0270. The molecule has 0 radical (unpaired) electrons. The minimum atomic E-state index is -0.835. The van der Waals surface area contributed by atoms with E-state index in [1.807, 2.05) is 4.57 Å². The van der Waals surface area contributed by atoms with Gasteiger partial charge in [-0.25, -0.2) is 0 Å². The lowest BCUT2D eigenvalue weighted by molar-refractivity contribution is -0.133. The van der Waals surface area contributed by atoms with E-state index in [0.29, 0.717) is 11.1 Å². The van der Waals surface area contributed by atoms with Crippen LogP contribution in [0.3, 0.4) is 0 Å². The molecule has 0 bridgehead atoms. The van der Waals surface area contributed by atoms with E-state index in [0.717, 1.165) is 13.0 Å². The van der Waals surface area contributed by atoms with Crippen LogP contribution in [0.4, 0.5) is 0 Å². The van der Waals surface area contributed by atoms with Crippen LogP contribution in [-0.4, -0.2) is 31.6 Å². The van der Waals surface area contributed by atoms with Crippen LogP contribution in [0.5, 0.6) is 0 Å². The molecule has 1 aromatic heterocycles. The Hall–Kier alpha value is -1.04. The van der Waals surface area contributed by atoms with Crippen LogP contribution < -0.4 is 0 Å². The highest BCUT2D eigenvalue weighted by atomic mass is 32.2. The molecule has 1 rings (SSSR count).